The van der Waals surface area contributed by atoms with E-state index in [2.05, 4.69) is 75.9 Å². The lowest BCUT2D eigenvalue weighted by Gasteiger charge is -2.06. The number of aryl methyl sites for hydroxylation is 2. The zero-order chi connectivity index (χ0) is 16.6. The molecular weight excluding hydrogens is 306 g/mol. The van der Waals surface area contributed by atoms with E-state index < -0.39 is 0 Å². The van der Waals surface area contributed by atoms with Crippen LogP contribution in [-0.4, -0.2) is 14.2 Å². The minimum absolute atomic E-state index is 0.891. The molecule has 1 aliphatic rings. The Hall–Kier alpha value is -2.81. The van der Waals surface area contributed by atoms with Gasteiger partial charge in [-0.3, -0.25) is 0 Å². The molecule has 0 aliphatic carbocycles. The second-order valence-corrected chi connectivity index (χ2v) is 6.84. The SMILES string of the molecule is c1ccc(Cc2nn3cc(-c4ccccc4)c4c3n2CCCC4)cc1. The molecule has 0 fully saturated rings. The van der Waals surface area contributed by atoms with Crippen LogP contribution in [0.15, 0.2) is 66.9 Å². The number of hydrogen-bond acceptors (Lipinski definition) is 1. The lowest BCUT2D eigenvalue weighted by atomic mass is 10.0. The number of aromatic nitrogens is 3. The first-order chi connectivity index (χ1) is 12.4. The summed E-state index contributed by atoms with van der Waals surface area (Å²) >= 11 is 0. The van der Waals surface area contributed by atoms with E-state index in [1.165, 1.54) is 46.6 Å². The molecule has 0 saturated heterocycles. The molecule has 3 heterocycles. The van der Waals surface area contributed by atoms with Gasteiger partial charge in [0.25, 0.3) is 0 Å². The second-order valence-electron chi connectivity index (χ2n) is 6.84. The summed E-state index contributed by atoms with van der Waals surface area (Å²) in [7, 11) is 0. The molecule has 0 bridgehead atoms. The summed E-state index contributed by atoms with van der Waals surface area (Å²) < 4.78 is 4.56. The molecule has 2 aromatic heterocycles. The van der Waals surface area contributed by atoms with E-state index in [0.29, 0.717) is 0 Å². The van der Waals surface area contributed by atoms with Crippen molar-refractivity contribution in [2.75, 3.05) is 0 Å². The molecule has 25 heavy (non-hydrogen) atoms. The first kappa shape index (κ1) is 14.5. The Bertz CT molecular complexity index is 1010. The maximum atomic E-state index is 4.95. The molecule has 0 spiro atoms. The highest BCUT2D eigenvalue weighted by molar-refractivity contribution is 5.75. The van der Waals surface area contributed by atoms with Crippen molar-refractivity contribution in [3.8, 4) is 11.1 Å². The molecule has 0 unspecified atom stereocenters. The van der Waals surface area contributed by atoms with Crippen LogP contribution in [0.4, 0.5) is 0 Å². The van der Waals surface area contributed by atoms with E-state index in [4.69, 9.17) is 5.10 Å². The van der Waals surface area contributed by atoms with E-state index >= 15 is 0 Å². The van der Waals surface area contributed by atoms with Gasteiger partial charge in [-0.15, -0.1) is 0 Å². The van der Waals surface area contributed by atoms with Crippen LogP contribution in [0.5, 0.6) is 0 Å². The summed E-state index contributed by atoms with van der Waals surface area (Å²) in [6.07, 6.45) is 6.71. The van der Waals surface area contributed by atoms with Crippen LogP contribution in [0.3, 0.4) is 0 Å². The van der Waals surface area contributed by atoms with E-state index in [0.717, 1.165) is 19.4 Å². The quantitative estimate of drug-likeness (QED) is 0.533. The molecule has 1 aliphatic heterocycles. The zero-order valence-corrected chi connectivity index (χ0v) is 14.2. The van der Waals surface area contributed by atoms with Crippen molar-refractivity contribution < 1.29 is 0 Å². The summed E-state index contributed by atoms with van der Waals surface area (Å²) in [5, 5.41) is 4.95. The number of rotatable bonds is 3. The Labute approximate surface area is 147 Å². The van der Waals surface area contributed by atoms with Gasteiger partial charge in [-0.25, -0.2) is 4.52 Å². The normalized spacial score (nSPS) is 13.9. The Morgan fingerprint density at radius 2 is 1.64 bits per heavy atom. The van der Waals surface area contributed by atoms with Crippen LogP contribution in [0.2, 0.25) is 0 Å². The third-order valence-electron chi connectivity index (χ3n) is 5.20. The largest absolute Gasteiger partial charge is 0.312 e. The summed E-state index contributed by atoms with van der Waals surface area (Å²) in [6.45, 7) is 1.07. The number of hydrogen-bond donors (Lipinski definition) is 0. The topological polar surface area (TPSA) is 22.2 Å². The van der Waals surface area contributed by atoms with Crippen LogP contribution < -0.4 is 0 Å². The molecule has 0 N–H and O–H groups in total. The molecule has 0 radical (unpaired) electrons. The molecule has 2 aromatic carbocycles. The summed E-state index contributed by atoms with van der Waals surface area (Å²) in [6, 6.07) is 21.4. The van der Waals surface area contributed by atoms with Crippen molar-refractivity contribution in [2.45, 2.75) is 32.2 Å². The van der Waals surface area contributed by atoms with Gasteiger partial charge >= 0.3 is 0 Å². The Kier molecular flexibility index (Phi) is 3.44. The van der Waals surface area contributed by atoms with Gasteiger partial charge in [-0.2, -0.15) is 5.10 Å². The average Bonchev–Trinajstić information content (AvgIpc) is 3.06. The zero-order valence-electron chi connectivity index (χ0n) is 14.2. The molecule has 124 valence electrons. The fourth-order valence-electron chi connectivity index (χ4n) is 4.01. The third-order valence-corrected chi connectivity index (χ3v) is 5.20. The maximum absolute atomic E-state index is 4.95. The van der Waals surface area contributed by atoms with Gasteiger partial charge in [0.15, 0.2) is 0 Å². The summed E-state index contributed by atoms with van der Waals surface area (Å²) in [5.41, 5.74) is 6.70. The van der Waals surface area contributed by atoms with Crippen LogP contribution in [0.25, 0.3) is 16.8 Å². The van der Waals surface area contributed by atoms with Gasteiger partial charge < -0.3 is 4.57 Å². The average molecular weight is 327 g/mol. The minimum atomic E-state index is 0.891. The molecular formula is C22H21N3. The molecule has 5 rings (SSSR count). The van der Waals surface area contributed by atoms with Crippen molar-refractivity contribution in [2.24, 2.45) is 0 Å². The Morgan fingerprint density at radius 3 is 2.44 bits per heavy atom. The van der Waals surface area contributed by atoms with Gasteiger partial charge in [0.05, 0.1) is 0 Å². The maximum Gasteiger partial charge on any atom is 0.139 e. The van der Waals surface area contributed by atoms with Gasteiger partial charge in [0.2, 0.25) is 0 Å². The standard InChI is InChI=1S/C22H21N3/c1-3-9-17(10-4-1)15-21-23-25-16-20(18-11-5-2-6-12-18)19-13-7-8-14-24(21)22(19)25/h1-6,9-12,16H,7-8,13-15H2. The van der Waals surface area contributed by atoms with Gasteiger partial charge in [-0.05, 0) is 30.4 Å². The van der Waals surface area contributed by atoms with Gasteiger partial charge in [0.1, 0.15) is 11.5 Å². The first-order valence-corrected chi connectivity index (χ1v) is 9.09. The van der Waals surface area contributed by atoms with Crippen molar-refractivity contribution in [1.29, 1.82) is 0 Å². The molecule has 0 amide bonds. The van der Waals surface area contributed by atoms with E-state index in [-0.39, 0.29) is 0 Å². The van der Waals surface area contributed by atoms with Crippen LogP contribution >= 0.6 is 0 Å². The molecule has 0 atom stereocenters. The minimum Gasteiger partial charge on any atom is -0.312 e. The predicted molar refractivity (Wildman–Crippen MR) is 101 cm³/mol. The van der Waals surface area contributed by atoms with Crippen LogP contribution in [0, 0.1) is 0 Å². The lowest BCUT2D eigenvalue weighted by molar-refractivity contribution is 0.620. The van der Waals surface area contributed by atoms with Gasteiger partial charge in [0, 0.05) is 30.3 Å². The highest BCUT2D eigenvalue weighted by Crippen LogP contribution is 2.33. The lowest BCUT2D eigenvalue weighted by Crippen LogP contribution is -2.04. The van der Waals surface area contributed by atoms with Crippen molar-refractivity contribution in [3.63, 3.8) is 0 Å². The Morgan fingerprint density at radius 1 is 0.880 bits per heavy atom. The highest BCUT2D eigenvalue weighted by atomic mass is 15.3. The third kappa shape index (κ3) is 2.47. The molecule has 0 saturated carbocycles. The van der Waals surface area contributed by atoms with Crippen molar-refractivity contribution >= 4 is 5.65 Å². The Balaban J connectivity index is 1.66. The van der Waals surface area contributed by atoms with E-state index in [1.807, 2.05) is 0 Å². The smallest absolute Gasteiger partial charge is 0.139 e. The van der Waals surface area contributed by atoms with Crippen LogP contribution in [-0.2, 0) is 19.4 Å². The predicted octanol–water partition coefficient (Wildman–Crippen LogP) is 4.73. The van der Waals surface area contributed by atoms with Crippen molar-refractivity contribution in [3.05, 3.63) is 83.8 Å². The number of nitrogens with zero attached hydrogens (tertiary/aromatic N) is 3. The fourth-order valence-corrected chi connectivity index (χ4v) is 4.01. The van der Waals surface area contributed by atoms with E-state index in [1.54, 1.807) is 0 Å². The van der Waals surface area contributed by atoms with Crippen molar-refractivity contribution in [1.82, 2.24) is 14.2 Å². The first-order valence-electron chi connectivity index (χ1n) is 9.09. The summed E-state index contributed by atoms with van der Waals surface area (Å²) in [4.78, 5) is 0. The molecule has 3 nitrogen and oxygen atoms in total. The summed E-state index contributed by atoms with van der Waals surface area (Å²) in [5.74, 6) is 1.17. The number of benzene rings is 2. The second kappa shape index (κ2) is 5.92. The highest BCUT2D eigenvalue weighted by Gasteiger charge is 2.22. The van der Waals surface area contributed by atoms with Gasteiger partial charge in [-0.1, -0.05) is 60.7 Å². The molecule has 4 aromatic rings. The fraction of sp³-hybridized carbons (Fsp3) is 0.227. The van der Waals surface area contributed by atoms with E-state index in [9.17, 15) is 0 Å². The molecule has 3 heteroatoms. The monoisotopic (exact) mass is 327 g/mol. The van der Waals surface area contributed by atoms with Crippen LogP contribution in [0.1, 0.15) is 29.8 Å².